The van der Waals surface area contributed by atoms with Gasteiger partial charge in [0, 0.05) is 26.2 Å². The van der Waals surface area contributed by atoms with Crippen LogP contribution in [-0.4, -0.2) is 32.4 Å². The Morgan fingerprint density at radius 3 is 2.54 bits per heavy atom. The van der Waals surface area contributed by atoms with E-state index < -0.39 is 0 Å². The van der Waals surface area contributed by atoms with Crippen LogP contribution in [-0.2, 0) is 7.05 Å². The van der Waals surface area contributed by atoms with Crippen molar-refractivity contribution in [2.45, 2.75) is 19.8 Å². The average Bonchev–Trinajstić information content (AvgIpc) is 3.27. The summed E-state index contributed by atoms with van der Waals surface area (Å²) in [6.07, 6.45) is 3.92. The average molecular weight is 350 g/mol. The van der Waals surface area contributed by atoms with Gasteiger partial charge in [-0.1, -0.05) is 18.2 Å². The van der Waals surface area contributed by atoms with E-state index in [1.165, 1.54) is 12.8 Å². The Balaban J connectivity index is 1.69. The van der Waals surface area contributed by atoms with Crippen LogP contribution in [0.1, 0.15) is 18.5 Å². The zero-order valence-corrected chi connectivity index (χ0v) is 15.0. The van der Waals surface area contributed by atoms with Crippen LogP contribution in [0.3, 0.4) is 0 Å². The Morgan fingerprint density at radius 1 is 1.08 bits per heavy atom. The van der Waals surface area contributed by atoms with Gasteiger partial charge in [0.25, 0.3) is 5.56 Å². The number of benzene rings is 1. The molecule has 0 aliphatic carbocycles. The second kappa shape index (κ2) is 6.67. The van der Waals surface area contributed by atoms with Crippen molar-refractivity contribution in [2.24, 2.45) is 7.05 Å². The number of hydrogen-bond acceptors (Lipinski definition) is 5. The van der Waals surface area contributed by atoms with Crippen LogP contribution in [0.4, 0.5) is 17.3 Å². The van der Waals surface area contributed by atoms with Gasteiger partial charge in [-0.2, -0.15) is 0 Å². The summed E-state index contributed by atoms with van der Waals surface area (Å²) in [5, 5.41) is 3.20. The molecule has 1 N–H and O–H groups in total. The van der Waals surface area contributed by atoms with E-state index in [4.69, 9.17) is 0 Å². The fraction of sp³-hybridized carbons (Fsp3) is 0.316. The third-order valence-electron chi connectivity index (χ3n) is 4.89. The highest BCUT2D eigenvalue weighted by Crippen LogP contribution is 2.22. The standard InChI is InChI=1S/C19H22N6O/c1-14-18(19(26)25(23(14)2)15-8-4-3-5-9-15)22-16-12-17(21-13-20-16)24-10-6-7-11-24/h3-5,8-9,12-13H,6-7,10-11H2,1-2H3,(H,20,21,22). The van der Waals surface area contributed by atoms with Gasteiger partial charge >= 0.3 is 0 Å². The van der Waals surface area contributed by atoms with Crippen LogP contribution >= 0.6 is 0 Å². The molecule has 0 unspecified atom stereocenters. The Bertz CT molecular complexity index is 969. The third-order valence-corrected chi connectivity index (χ3v) is 4.89. The second-order valence-corrected chi connectivity index (χ2v) is 6.52. The van der Waals surface area contributed by atoms with Crippen molar-refractivity contribution in [2.75, 3.05) is 23.3 Å². The molecule has 3 heterocycles. The highest BCUT2D eigenvalue weighted by molar-refractivity contribution is 5.61. The Kier molecular flexibility index (Phi) is 4.20. The summed E-state index contributed by atoms with van der Waals surface area (Å²) in [4.78, 5) is 23.9. The smallest absolute Gasteiger partial charge is 0.295 e. The normalized spacial score (nSPS) is 14.0. The zero-order valence-electron chi connectivity index (χ0n) is 15.0. The van der Waals surface area contributed by atoms with E-state index in [1.807, 2.05) is 55.1 Å². The number of aromatic nitrogens is 4. The van der Waals surface area contributed by atoms with Crippen LogP contribution in [0.15, 0.2) is 47.5 Å². The first-order chi connectivity index (χ1) is 12.6. The minimum Gasteiger partial charge on any atom is -0.356 e. The molecule has 0 amide bonds. The minimum absolute atomic E-state index is 0.0995. The minimum atomic E-state index is -0.0995. The first kappa shape index (κ1) is 16.4. The molecule has 134 valence electrons. The molecule has 4 rings (SSSR count). The molecule has 0 atom stereocenters. The van der Waals surface area contributed by atoms with E-state index >= 15 is 0 Å². The molecule has 3 aromatic rings. The predicted molar refractivity (Wildman–Crippen MR) is 103 cm³/mol. The van der Waals surface area contributed by atoms with Gasteiger partial charge in [-0.25, -0.2) is 14.6 Å². The summed E-state index contributed by atoms with van der Waals surface area (Å²) in [6.45, 7) is 3.95. The summed E-state index contributed by atoms with van der Waals surface area (Å²) in [5.41, 5.74) is 2.11. The van der Waals surface area contributed by atoms with E-state index in [9.17, 15) is 4.79 Å². The molecular weight excluding hydrogens is 328 g/mol. The molecule has 0 spiro atoms. The lowest BCUT2D eigenvalue weighted by atomic mass is 10.3. The monoisotopic (exact) mass is 350 g/mol. The van der Waals surface area contributed by atoms with Crippen LogP contribution in [0, 0.1) is 6.92 Å². The molecule has 1 aliphatic heterocycles. The van der Waals surface area contributed by atoms with Crippen molar-refractivity contribution < 1.29 is 0 Å². The number of rotatable bonds is 4. The summed E-state index contributed by atoms with van der Waals surface area (Å²) < 4.78 is 3.50. The van der Waals surface area contributed by atoms with Crippen molar-refractivity contribution in [3.8, 4) is 5.69 Å². The zero-order chi connectivity index (χ0) is 18.1. The van der Waals surface area contributed by atoms with Gasteiger partial charge < -0.3 is 10.2 Å². The van der Waals surface area contributed by atoms with E-state index in [0.29, 0.717) is 11.5 Å². The van der Waals surface area contributed by atoms with Crippen LogP contribution < -0.4 is 15.8 Å². The molecule has 1 fully saturated rings. The second-order valence-electron chi connectivity index (χ2n) is 6.52. The topological polar surface area (TPSA) is 68.0 Å². The van der Waals surface area contributed by atoms with Gasteiger partial charge in [0.05, 0.1) is 11.4 Å². The first-order valence-corrected chi connectivity index (χ1v) is 8.83. The molecule has 7 nitrogen and oxygen atoms in total. The molecule has 1 aromatic carbocycles. The van der Waals surface area contributed by atoms with Gasteiger partial charge in [0.15, 0.2) is 0 Å². The molecule has 1 aliphatic rings. The maximum absolute atomic E-state index is 13.0. The van der Waals surface area contributed by atoms with Gasteiger partial charge in [-0.3, -0.25) is 9.48 Å². The largest absolute Gasteiger partial charge is 0.356 e. The van der Waals surface area contributed by atoms with Gasteiger partial charge in [-0.15, -0.1) is 0 Å². The third kappa shape index (κ3) is 2.85. The summed E-state index contributed by atoms with van der Waals surface area (Å²) in [7, 11) is 1.88. The summed E-state index contributed by atoms with van der Waals surface area (Å²) in [6, 6.07) is 11.5. The van der Waals surface area contributed by atoms with Gasteiger partial charge in [-0.05, 0) is 31.9 Å². The molecule has 7 heteroatoms. The number of nitrogens with zero attached hydrogens (tertiary/aromatic N) is 5. The predicted octanol–water partition coefficient (Wildman–Crippen LogP) is 2.62. The fourth-order valence-electron chi connectivity index (χ4n) is 3.37. The highest BCUT2D eigenvalue weighted by Gasteiger charge is 2.18. The molecule has 0 saturated carbocycles. The Labute approximate surface area is 151 Å². The van der Waals surface area contributed by atoms with Gasteiger partial charge in [0.1, 0.15) is 23.7 Å². The SMILES string of the molecule is Cc1c(Nc2cc(N3CCCC3)ncn2)c(=O)n(-c2ccccc2)n1C. The van der Waals surface area contributed by atoms with Crippen molar-refractivity contribution in [1.82, 2.24) is 19.3 Å². The number of para-hydroxylation sites is 1. The summed E-state index contributed by atoms with van der Waals surface area (Å²) >= 11 is 0. The van der Waals surface area contributed by atoms with Crippen LogP contribution in [0.2, 0.25) is 0 Å². The van der Waals surface area contributed by atoms with Crippen LogP contribution in [0.25, 0.3) is 5.69 Å². The lowest BCUT2D eigenvalue weighted by Crippen LogP contribution is -2.21. The van der Waals surface area contributed by atoms with Crippen molar-refractivity contribution in [3.63, 3.8) is 0 Å². The first-order valence-electron chi connectivity index (χ1n) is 8.83. The molecular formula is C19H22N6O. The number of hydrogen-bond donors (Lipinski definition) is 1. The number of nitrogens with one attached hydrogen (secondary N) is 1. The maximum atomic E-state index is 13.0. The Morgan fingerprint density at radius 2 is 1.81 bits per heavy atom. The van der Waals surface area contributed by atoms with Crippen molar-refractivity contribution in [3.05, 3.63) is 58.8 Å². The van der Waals surface area contributed by atoms with E-state index in [2.05, 4.69) is 20.2 Å². The maximum Gasteiger partial charge on any atom is 0.295 e. The van der Waals surface area contributed by atoms with E-state index in [1.54, 1.807) is 11.0 Å². The lowest BCUT2D eigenvalue weighted by molar-refractivity contribution is 0.630. The molecule has 2 aromatic heterocycles. The van der Waals surface area contributed by atoms with E-state index in [-0.39, 0.29) is 5.56 Å². The fourth-order valence-corrected chi connectivity index (χ4v) is 3.37. The van der Waals surface area contributed by atoms with Crippen molar-refractivity contribution in [1.29, 1.82) is 0 Å². The summed E-state index contributed by atoms with van der Waals surface area (Å²) in [5.74, 6) is 1.53. The molecule has 0 bridgehead atoms. The number of anilines is 3. The van der Waals surface area contributed by atoms with Crippen molar-refractivity contribution >= 4 is 17.3 Å². The molecule has 26 heavy (non-hydrogen) atoms. The van der Waals surface area contributed by atoms with E-state index in [0.717, 1.165) is 30.3 Å². The molecule has 0 radical (unpaired) electrons. The Hall–Kier alpha value is -3.09. The lowest BCUT2D eigenvalue weighted by Gasteiger charge is -2.16. The highest BCUT2D eigenvalue weighted by atomic mass is 16.1. The van der Waals surface area contributed by atoms with Crippen LogP contribution in [0.5, 0.6) is 0 Å². The van der Waals surface area contributed by atoms with Gasteiger partial charge in [0.2, 0.25) is 0 Å². The molecule has 1 saturated heterocycles. The quantitative estimate of drug-likeness (QED) is 0.783.